The maximum Gasteiger partial charge on any atom is 0.265 e. The first-order valence-electron chi connectivity index (χ1n) is 7.80. The van der Waals surface area contributed by atoms with Crippen molar-refractivity contribution < 1.29 is 9.84 Å². The molecule has 6 heteroatoms. The molecule has 0 aliphatic carbocycles. The third-order valence-corrected chi connectivity index (χ3v) is 3.96. The van der Waals surface area contributed by atoms with Crippen LogP contribution in [0.2, 0.25) is 0 Å². The number of phenols is 1. The number of ether oxygens (including phenoxy) is 1. The molecule has 0 bridgehead atoms. The van der Waals surface area contributed by atoms with Gasteiger partial charge in [0.2, 0.25) is 0 Å². The summed E-state index contributed by atoms with van der Waals surface area (Å²) in [6.07, 6.45) is 0. The zero-order chi connectivity index (χ0) is 18.1. The highest BCUT2D eigenvalue weighted by Crippen LogP contribution is 2.25. The summed E-state index contributed by atoms with van der Waals surface area (Å²) in [4.78, 5) is 17.6. The Hall–Kier alpha value is -3.33. The Morgan fingerprint density at radius 1 is 1.24 bits per heavy atom. The molecule has 0 unspecified atom stereocenters. The molecule has 0 amide bonds. The lowest BCUT2D eigenvalue weighted by Gasteiger charge is -2.17. The zero-order valence-corrected chi connectivity index (χ0v) is 14.1. The fraction of sp³-hybridized carbons (Fsp3) is 0.211. The first kappa shape index (κ1) is 16.5. The van der Waals surface area contributed by atoms with Gasteiger partial charge in [0.25, 0.3) is 5.56 Å². The van der Waals surface area contributed by atoms with Gasteiger partial charge >= 0.3 is 0 Å². The van der Waals surface area contributed by atoms with Crippen LogP contribution in [0.25, 0.3) is 16.6 Å². The molecule has 25 heavy (non-hydrogen) atoms. The molecule has 0 radical (unpaired) electrons. The Kier molecular flexibility index (Phi) is 4.15. The number of aromatic hydroxyl groups is 1. The Labute approximate surface area is 144 Å². The van der Waals surface area contributed by atoms with Crippen molar-refractivity contribution in [2.24, 2.45) is 0 Å². The standard InChI is InChI=1S/C19H17N3O3/c1-11(2)18-21-16-9-14(23)6-7-15(16)19(24)22(18)13-5-4-12(10-20)17(8-13)25-3/h4-9,11,23H,1-3H3. The maximum atomic E-state index is 13.1. The van der Waals surface area contributed by atoms with Crippen LogP contribution in [0.4, 0.5) is 0 Å². The zero-order valence-electron chi connectivity index (χ0n) is 14.1. The van der Waals surface area contributed by atoms with E-state index in [2.05, 4.69) is 11.1 Å². The summed E-state index contributed by atoms with van der Waals surface area (Å²) in [5.74, 6) is 0.996. The van der Waals surface area contributed by atoms with E-state index in [0.717, 1.165) is 0 Å². The summed E-state index contributed by atoms with van der Waals surface area (Å²) in [6.45, 7) is 3.88. The van der Waals surface area contributed by atoms with Crippen LogP contribution in [0.15, 0.2) is 41.2 Å². The number of nitrogens with zero attached hydrogens (tertiary/aromatic N) is 3. The summed E-state index contributed by atoms with van der Waals surface area (Å²) in [7, 11) is 1.48. The number of aromatic nitrogens is 2. The number of fused-ring (bicyclic) bond motifs is 1. The highest BCUT2D eigenvalue weighted by atomic mass is 16.5. The maximum absolute atomic E-state index is 13.1. The molecular formula is C19H17N3O3. The van der Waals surface area contributed by atoms with Gasteiger partial charge in [0.1, 0.15) is 23.4 Å². The molecule has 6 nitrogen and oxygen atoms in total. The van der Waals surface area contributed by atoms with E-state index in [-0.39, 0.29) is 17.2 Å². The average Bonchev–Trinajstić information content (AvgIpc) is 2.60. The molecule has 0 spiro atoms. The molecule has 3 rings (SSSR count). The van der Waals surface area contributed by atoms with Crippen molar-refractivity contribution in [3.8, 4) is 23.3 Å². The van der Waals surface area contributed by atoms with Gasteiger partial charge in [0.05, 0.1) is 29.3 Å². The molecule has 2 aromatic carbocycles. The predicted octanol–water partition coefficient (Wildman–Crippen LogP) is 3.09. The van der Waals surface area contributed by atoms with Crippen LogP contribution in [-0.4, -0.2) is 21.8 Å². The van der Waals surface area contributed by atoms with Gasteiger partial charge in [-0.1, -0.05) is 13.8 Å². The average molecular weight is 335 g/mol. The van der Waals surface area contributed by atoms with Crippen LogP contribution >= 0.6 is 0 Å². The van der Waals surface area contributed by atoms with Crippen molar-refractivity contribution in [2.45, 2.75) is 19.8 Å². The molecule has 0 saturated heterocycles. The Balaban J connectivity index is 2.37. The second-order valence-corrected chi connectivity index (χ2v) is 5.96. The highest BCUT2D eigenvalue weighted by Gasteiger charge is 2.17. The minimum atomic E-state index is -0.236. The van der Waals surface area contributed by atoms with E-state index in [1.807, 2.05) is 13.8 Å². The van der Waals surface area contributed by atoms with Crippen LogP contribution in [-0.2, 0) is 0 Å². The van der Waals surface area contributed by atoms with Crippen LogP contribution < -0.4 is 10.3 Å². The minimum Gasteiger partial charge on any atom is -0.508 e. The summed E-state index contributed by atoms with van der Waals surface area (Å²) < 4.78 is 6.77. The second kappa shape index (κ2) is 6.29. The lowest BCUT2D eigenvalue weighted by molar-refractivity contribution is 0.413. The molecule has 1 heterocycles. The Morgan fingerprint density at radius 2 is 2.00 bits per heavy atom. The van der Waals surface area contributed by atoms with Crippen molar-refractivity contribution in [3.63, 3.8) is 0 Å². The monoisotopic (exact) mass is 335 g/mol. The Morgan fingerprint density at radius 3 is 2.64 bits per heavy atom. The van der Waals surface area contributed by atoms with E-state index in [0.29, 0.717) is 33.7 Å². The molecule has 126 valence electrons. The van der Waals surface area contributed by atoms with E-state index < -0.39 is 0 Å². The first-order valence-corrected chi connectivity index (χ1v) is 7.80. The smallest absolute Gasteiger partial charge is 0.265 e. The van der Waals surface area contributed by atoms with Gasteiger partial charge in [-0.2, -0.15) is 5.26 Å². The van der Waals surface area contributed by atoms with Crippen molar-refractivity contribution in [1.29, 1.82) is 5.26 Å². The molecule has 1 aromatic heterocycles. The number of hydrogen-bond acceptors (Lipinski definition) is 5. The molecule has 0 atom stereocenters. The van der Waals surface area contributed by atoms with Crippen molar-refractivity contribution in [3.05, 3.63) is 58.1 Å². The fourth-order valence-electron chi connectivity index (χ4n) is 2.74. The van der Waals surface area contributed by atoms with E-state index in [4.69, 9.17) is 10.00 Å². The molecular weight excluding hydrogens is 318 g/mol. The quantitative estimate of drug-likeness (QED) is 0.794. The molecule has 0 saturated carbocycles. The topological polar surface area (TPSA) is 88.1 Å². The van der Waals surface area contributed by atoms with Crippen LogP contribution in [0.1, 0.15) is 31.2 Å². The van der Waals surface area contributed by atoms with Gasteiger partial charge in [0.15, 0.2) is 0 Å². The number of hydrogen-bond donors (Lipinski definition) is 1. The lowest BCUT2D eigenvalue weighted by Crippen LogP contribution is -2.24. The molecule has 0 aliphatic heterocycles. The number of methoxy groups -OCH3 is 1. The van der Waals surface area contributed by atoms with Crippen LogP contribution in [0.3, 0.4) is 0 Å². The normalized spacial score (nSPS) is 10.8. The van der Waals surface area contributed by atoms with E-state index >= 15 is 0 Å². The van der Waals surface area contributed by atoms with Gasteiger partial charge in [0, 0.05) is 18.1 Å². The first-order chi connectivity index (χ1) is 12.0. The number of phenolic OH excluding ortho intramolecular Hbond substituents is 1. The van der Waals surface area contributed by atoms with Crippen molar-refractivity contribution in [1.82, 2.24) is 9.55 Å². The van der Waals surface area contributed by atoms with Crippen LogP contribution in [0.5, 0.6) is 11.5 Å². The SMILES string of the molecule is COc1cc(-n2c(C(C)C)nc3cc(O)ccc3c2=O)ccc1C#N. The summed E-state index contributed by atoms with van der Waals surface area (Å²) >= 11 is 0. The highest BCUT2D eigenvalue weighted by molar-refractivity contribution is 5.79. The third-order valence-electron chi connectivity index (χ3n) is 3.96. The molecule has 0 fully saturated rings. The lowest BCUT2D eigenvalue weighted by atomic mass is 10.1. The van der Waals surface area contributed by atoms with Crippen molar-refractivity contribution >= 4 is 10.9 Å². The van der Waals surface area contributed by atoms with E-state index in [1.54, 1.807) is 24.3 Å². The van der Waals surface area contributed by atoms with Gasteiger partial charge < -0.3 is 9.84 Å². The second-order valence-electron chi connectivity index (χ2n) is 5.96. The molecule has 0 aliphatic rings. The summed E-state index contributed by atoms with van der Waals surface area (Å²) in [5.41, 5.74) is 1.18. The van der Waals surface area contributed by atoms with Gasteiger partial charge in [-0.05, 0) is 24.3 Å². The summed E-state index contributed by atoms with van der Waals surface area (Å²) in [6, 6.07) is 11.5. The largest absolute Gasteiger partial charge is 0.508 e. The number of nitriles is 1. The van der Waals surface area contributed by atoms with Crippen molar-refractivity contribution in [2.75, 3.05) is 7.11 Å². The number of rotatable bonds is 3. The number of benzene rings is 2. The Bertz CT molecular complexity index is 1060. The molecule has 1 N–H and O–H groups in total. The predicted molar refractivity (Wildman–Crippen MR) is 94.4 cm³/mol. The fourth-order valence-corrected chi connectivity index (χ4v) is 2.74. The minimum absolute atomic E-state index is 0.0268. The molecule has 3 aromatic rings. The van der Waals surface area contributed by atoms with Gasteiger partial charge in [-0.3, -0.25) is 9.36 Å². The van der Waals surface area contributed by atoms with Gasteiger partial charge in [-0.25, -0.2) is 4.98 Å². The third kappa shape index (κ3) is 2.81. The van der Waals surface area contributed by atoms with E-state index in [9.17, 15) is 9.90 Å². The summed E-state index contributed by atoms with van der Waals surface area (Å²) in [5, 5.41) is 19.2. The van der Waals surface area contributed by atoms with E-state index in [1.165, 1.54) is 23.8 Å². The van der Waals surface area contributed by atoms with Gasteiger partial charge in [-0.15, -0.1) is 0 Å². The van der Waals surface area contributed by atoms with Crippen LogP contribution in [0, 0.1) is 11.3 Å².